The lowest BCUT2D eigenvalue weighted by Gasteiger charge is -2.40. The van der Waals surface area contributed by atoms with Gasteiger partial charge in [0, 0.05) is 37.0 Å². The maximum absolute atomic E-state index is 11.3. The van der Waals surface area contributed by atoms with Crippen molar-refractivity contribution in [1.29, 1.82) is 0 Å². The fourth-order valence-corrected chi connectivity index (χ4v) is 5.72. The minimum Gasteiger partial charge on any atom is -0.488 e. The van der Waals surface area contributed by atoms with E-state index in [0.717, 1.165) is 24.2 Å². The summed E-state index contributed by atoms with van der Waals surface area (Å²) in [7, 11) is 1.51. The highest BCUT2D eigenvalue weighted by Crippen LogP contribution is 2.35. The summed E-state index contributed by atoms with van der Waals surface area (Å²) in [6.07, 6.45) is 5.44. The number of aliphatic hydroxyl groups is 1. The second-order valence-electron chi connectivity index (χ2n) is 9.36. The van der Waals surface area contributed by atoms with Gasteiger partial charge in [-0.15, -0.1) is 11.6 Å². The second-order valence-corrected chi connectivity index (χ2v) is 11.2. The molecule has 1 N–H and O–H groups in total. The van der Waals surface area contributed by atoms with Crippen LogP contribution in [0.1, 0.15) is 36.3 Å². The van der Waals surface area contributed by atoms with Crippen LogP contribution in [0, 0.1) is 0 Å². The van der Waals surface area contributed by atoms with Crippen molar-refractivity contribution in [3.05, 3.63) is 92.6 Å². The van der Waals surface area contributed by atoms with Crippen LogP contribution in [0.2, 0.25) is 10.0 Å². The zero-order chi connectivity index (χ0) is 26.4. The Labute approximate surface area is 238 Å². The number of alkyl halides is 1. The molecule has 198 valence electrons. The number of halogens is 4. The molecule has 2 aliphatic rings. The highest BCUT2D eigenvalue weighted by molar-refractivity contribution is 6.42. The molecule has 2 unspecified atom stereocenters. The highest BCUT2D eigenvalue weighted by Gasteiger charge is 2.35. The number of nitrogens with zero attached hydrogens (tertiary/aromatic N) is 2. The van der Waals surface area contributed by atoms with Gasteiger partial charge in [0.05, 0.1) is 21.0 Å². The molecule has 2 aromatic rings. The van der Waals surface area contributed by atoms with Gasteiger partial charge in [0.2, 0.25) is 0 Å². The molecule has 0 aromatic heterocycles. The van der Waals surface area contributed by atoms with Gasteiger partial charge in [-0.2, -0.15) is 0 Å². The number of ether oxygens (including phenoxy) is 1. The predicted octanol–water partition coefficient (Wildman–Crippen LogP) is 7.10. The van der Waals surface area contributed by atoms with Crippen molar-refractivity contribution in [2.45, 2.75) is 36.2 Å². The van der Waals surface area contributed by atoms with Crippen molar-refractivity contribution in [3.63, 3.8) is 0 Å². The van der Waals surface area contributed by atoms with E-state index in [1.54, 1.807) is 12.1 Å². The molecule has 1 aliphatic heterocycles. The number of allylic oxidation sites excluding steroid dienone is 3. The molecule has 1 fully saturated rings. The molecule has 0 saturated carbocycles. The van der Waals surface area contributed by atoms with Gasteiger partial charge in [0.25, 0.3) is 0 Å². The SMILES string of the molecule is CO/N=C(\COC1=CC(Cl)CC(Cl)=C1)C(CN1CCC(O)(c2ccccc2)CC1)c1ccc(Cl)c(Cl)c1. The summed E-state index contributed by atoms with van der Waals surface area (Å²) < 4.78 is 6.06. The summed E-state index contributed by atoms with van der Waals surface area (Å²) >= 11 is 25.1. The Morgan fingerprint density at radius 3 is 2.49 bits per heavy atom. The molecule has 0 spiro atoms. The minimum atomic E-state index is -0.833. The van der Waals surface area contributed by atoms with Gasteiger partial charge in [-0.3, -0.25) is 0 Å². The fourth-order valence-electron chi connectivity index (χ4n) is 4.77. The van der Waals surface area contributed by atoms with E-state index < -0.39 is 5.60 Å². The molecule has 2 atom stereocenters. The van der Waals surface area contributed by atoms with Gasteiger partial charge in [-0.1, -0.05) is 76.4 Å². The smallest absolute Gasteiger partial charge is 0.130 e. The van der Waals surface area contributed by atoms with E-state index >= 15 is 0 Å². The number of benzene rings is 2. The predicted molar refractivity (Wildman–Crippen MR) is 152 cm³/mol. The Morgan fingerprint density at radius 1 is 1.11 bits per heavy atom. The Kier molecular flexibility index (Phi) is 9.84. The van der Waals surface area contributed by atoms with E-state index in [4.69, 9.17) is 56.0 Å². The van der Waals surface area contributed by atoms with E-state index in [0.29, 0.717) is 52.4 Å². The van der Waals surface area contributed by atoms with Crippen molar-refractivity contribution in [2.24, 2.45) is 5.16 Å². The maximum Gasteiger partial charge on any atom is 0.130 e. The third-order valence-electron chi connectivity index (χ3n) is 6.81. The number of hydrogen-bond acceptors (Lipinski definition) is 5. The largest absolute Gasteiger partial charge is 0.488 e. The average Bonchev–Trinajstić information content (AvgIpc) is 2.88. The Bertz CT molecular complexity index is 1160. The number of piperidine rings is 1. The van der Waals surface area contributed by atoms with Gasteiger partial charge in [-0.25, -0.2) is 0 Å². The van der Waals surface area contributed by atoms with E-state index in [1.807, 2.05) is 48.5 Å². The van der Waals surface area contributed by atoms with E-state index in [1.165, 1.54) is 7.11 Å². The van der Waals surface area contributed by atoms with Crippen molar-refractivity contribution >= 4 is 52.1 Å². The van der Waals surface area contributed by atoms with Crippen LogP contribution in [-0.2, 0) is 15.2 Å². The minimum absolute atomic E-state index is 0.177. The summed E-state index contributed by atoms with van der Waals surface area (Å²) in [6.45, 7) is 2.27. The first kappa shape index (κ1) is 28.3. The molecule has 2 aromatic carbocycles. The zero-order valence-electron chi connectivity index (χ0n) is 20.5. The lowest BCUT2D eigenvalue weighted by molar-refractivity contribution is -0.0261. The van der Waals surface area contributed by atoms with E-state index in [-0.39, 0.29) is 17.9 Å². The summed E-state index contributed by atoms with van der Waals surface area (Å²) in [5.41, 5.74) is 1.75. The topological polar surface area (TPSA) is 54.3 Å². The van der Waals surface area contributed by atoms with Crippen LogP contribution in [-0.4, -0.2) is 54.4 Å². The molecule has 37 heavy (non-hydrogen) atoms. The molecule has 9 heteroatoms. The Hall–Kier alpha value is -1.73. The van der Waals surface area contributed by atoms with Crippen molar-refractivity contribution in [3.8, 4) is 0 Å². The van der Waals surface area contributed by atoms with E-state index in [2.05, 4.69) is 10.1 Å². The molecule has 1 saturated heterocycles. The number of oxime groups is 1. The molecular formula is C28H30Cl4N2O3. The molecular weight excluding hydrogens is 554 g/mol. The summed E-state index contributed by atoms with van der Waals surface area (Å²) in [4.78, 5) is 7.55. The van der Waals surface area contributed by atoms with Crippen LogP contribution >= 0.6 is 46.4 Å². The first-order valence-corrected chi connectivity index (χ1v) is 13.7. The highest BCUT2D eigenvalue weighted by atomic mass is 35.5. The number of hydrogen-bond donors (Lipinski definition) is 1. The lowest BCUT2D eigenvalue weighted by atomic mass is 9.83. The summed E-state index contributed by atoms with van der Waals surface area (Å²) in [5.74, 6) is 0.409. The second kappa shape index (κ2) is 12.9. The Balaban J connectivity index is 1.53. The zero-order valence-corrected chi connectivity index (χ0v) is 23.6. The third kappa shape index (κ3) is 7.44. The van der Waals surface area contributed by atoms with E-state index in [9.17, 15) is 5.11 Å². The lowest BCUT2D eigenvalue weighted by Crippen LogP contribution is -2.45. The summed E-state index contributed by atoms with van der Waals surface area (Å²) in [5, 5.41) is 17.0. The normalized spacial score (nSPS) is 21.1. The van der Waals surface area contributed by atoms with Crippen molar-refractivity contribution in [2.75, 3.05) is 33.4 Å². The van der Waals surface area contributed by atoms with Crippen LogP contribution in [0.4, 0.5) is 0 Å². The van der Waals surface area contributed by atoms with Crippen molar-refractivity contribution in [1.82, 2.24) is 4.90 Å². The first-order valence-electron chi connectivity index (χ1n) is 12.2. The molecule has 4 rings (SSSR count). The van der Waals surface area contributed by atoms with Gasteiger partial charge < -0.3 is 19.6 Å². The summed E-state index contributed by atoms with van der Waals surface area (Å²) in [6, 6.07) is 15.4. The van der Waals surface area contributed by atoms with Crippen LogP contribution in [0.25, 0.3) is 0 Å². The third-order valence-corrected chi connectivity index (χ3v) is 8.10. The monoisotopic (exact) mass is 582 g/mol. The average molecular weight is 584 g/mol. The molecule has 0 bridgehead atoms. The van der Waals surface area contributed by atoms with Gasteiger partial charge >= 0.3 is 0 Å². The molecule has 0 radical (unpaired) electrons. The number of likely N-dealkylation sites (tertiary alicyclic amines) is 1. The van der Waals surface area contributed by atoms with Crippen LogP contribution < -0.4 is 0 Å². The molecule has 1 heterocycles. The quantitative estimate of drug-likeness (QED) is 0.194. The molecule has 5 nitrogen and oxygen atoms in total. The van der Waals surface area contributed by atoms with Gasteiger partial charge in [-0.05, 0) is 48.3 Å². The maximum atomic E-state index is 11.3. The molecule has 1 aliphatic carbocycles. The van der Waals surface area contributed by atoms with Crippen LogP contribution in [0.3, 0.4) is 0 Å². The first-order chi connectivity index (χ1) is 17.8. The molecule has 0 amide bonds. The van der Waals surface area contributed by atoms with Crippen LogP contribution in [0.5, 0.6) is 0 Å². The fraction of sp³-hybridized carbons (Fsp3) is 0.393. The van der Waals surface area contributed by atoms with Gasteiger partial charge in [0.15, 0.2) is 0 Å². The van der Waals surface area contributed by atoms with Gasteiger partial charge in [0.1, 0.15) is 25.2 Å². The Morgan fingerprint density at radius 2 is 1.84 bits per heavy atom. The van der Waals surface area contributed by atoms with Crippen molar-refractivity contribution < 1.29 is 14.7 Å². The number of rotatable bonds is 9. The van der Waals surface area contributed by atoms with Crippen LogP contribution in [0.15, 0.2) is 76.6 Å². The standard InChI is InChI=1S/C28H30Cl4N2O3/c1-36-33-27(18-37-23-15-21(29)14-22(30)16-23)24(19-7-8-25(31)26(32)13-19)17-34-11-9-28(35,10-12-34)20-5-3-2-4-6-20/h2-8,13,15-16,21,24,35H,9-12,14,17-18H2,1H3/b33-27+.